The predicted molar refractivity (Wildman–Crippen MR) is 60.8 cm³/mol. The maximum atomic E-state index is 13.0. The van der Waals surface area contributed by atoms with Crippen molar-refractivity contribution >= 4 is 5.91 Å². The Labute approximate surface area is 99.5 Å². The van der Waals surface area contributed by atoms with Crippen molar-refractivity contribution in [1.29, 1.82) is 5.26 Å². The van der Waals surface area contributed by atoms with E-state index in [0.717, 1.165) is 12.8 Å². The number of carbonyl (C=O) groups is 1. The summed E-state index contributed by atoms with van der Waals surface area (Å²) in [5, 5.41) is 8.94. The monoisotopic (exact) mass is 232 g/mol. The van der Waals surface area contributed by atoms with E-state index in [1.807, 2.05) is 0 Å². The molecule has 1 aliphatic heterocycles. The van der Waals surface area contributed by atoms with Crippen molar-refractivity contribution < 1.29 is 9.18 Å². The Kier molecular flexibility index (Phi) is 3.10. The highest BCUT2D eigenvalue weighted by Gasteiger charge is 2.29. The Morgan fingerprint density at radius 1 is 1.59 bits per heavy atom. The number of likely N-dealkylation sites (tertiary alicyclic amines) is 1. The average molecular weight is 232 g/mol. The number of nitriles is 1. The fourth-order valence-corrected chi connectivity index (χ4v) is 2.17. The standard InChI is InChI=1S/C13H13FN2O/c1-9-7-10(14)4-5-12(9)13(17)16-6-2-3-11(16)8-15/h4-5,7,11H,2-3,6H2,1H3. The minimum atomic E-state index is -0.350. The zero-order valence-corrected chi connectivity index (χ0v) is 9.61. The molecule has 0 aromatic heterocycles. The number of benzene rings is 1. The summed E-state index contributed by atoms with van der Waals surface area (Å²) in [5.74, 6) is -0.524. The van der Waals surface area contributed by atoms with Crippen molar-refractivity contribution in [2.75, 3.05) is 6.54 Å². The first kappa shape index (κ1) is 11.6. The largest absolute Gasteiger partial charge is 0.323 e. The molecule has 17 heavy (non-hydrogen) atoms. The minimum absolute atomic E-state index is 0.174. The SMILES string of the molecule is Cc1cc(F)ccc1C(=O)N1CCCC1C#N. The molecule has 1 aromatic rings. The number of hydrogen-bond acceptors (Lipinski definition) is 2. The van der Waals surface area contributed by atoms with Gasteiger partial charge in [0.15, 0.2) is 0 Å². The maximum Gasteiger partial charge on any atom is 0.255 e. The second-order valence-corrected chi connectivity index (χ2v) is 4.24. The fourth-order valence-electron chi connectivity index (χ4n) is 2.17. The second kappa shape index (κ2) is 4.54. The molecule has 3 nitrogen and oxygen atoms in total. The zero-order chi connectivity index (χ0) is 12.4. The van der Waals surface area contributed by atoms with Crippen LogP contribution in [0.2, 0.25) is 0 Å². The molecule has 1 heterocycles. The number of amides is 1. The highest BCUT2D eigenvalue weighted by Crippen LogP contribution is 2.21. The van der Waals surface area contributed by atoms with Crippen LogP contribution in [0.3, 0.4) is 0 Å². The molecule has 1 unspecified atom stereocenters. The molecular weight excluding hydrogens is 219 g/mol. The van der Waals surface area contributed by atoms with Gasteiger partial charge in [-0.3, -0.25) is 4.79 Å². The van der Waals surface area contributed by atoms with Crippen LogP contribution in [-0.4, -0.2) is 23.4 Å². The summed E-state index contributed by atoms with van der Waals surface area (Å²) in [4.78, 5) is 13.8. The Morgan fingerprint density at radius 3 is 3.00 bits per heavy atom. The third kappa shape index (κ3) is 2.14. The third-order valence-corrected chi connectivity index (χ3v) is 3.08. The highest BCUT2D eigenvalue weighted by atomic mass is 19.1. The molecule has 0 saturated carbocycles. The lowest BCUT2D eigenvalue weighted by atomic mass is 10.1. The molecule has 0 bridgehead atoms. The Bertz CT molecular complexity index is 493. The van der Waals surface area contributed by atoms with Gasteiger partial charge in [-0.15, -0.1) is 0 Å². The average Bonchev–Trinajstić information content (AvgIpc) is 2.76. The number of nitrogens with zero attached hydrogens (tertiary/aromatic N) is 2. The van der Waals surface area contributed by atoms with Crippen molar-refractivity contribution in [3.05, 3.63) is 35.1 Å². The number of rotatable bonds is 1. The molecule has 1 aromatic carbocycles. The number of carbonyl (C=O) groups excluding carboxylic acids is 1. The molecule has 88 valence electrons. The van der Waals surface area contributed by atoms with Crippen molar-refractivity contribution in [2.45, 2.75) is 25.8 Å². The molecule has 4 heteroatoms. The molecular formula is C13H13FN2O. The maximum absolute atomic E-state index is 13.0. The smallest absolute Gasteiger partial charge is 0.255 e. The van der Waals surface area contributed by atoms with Crippen LogP contribution in [-0.2, 0) is 0 Å². The van der Waals surface area contributed by atoms with Gasteiger partial charge in [0.1, 0.15) is 11.9 Å². The van der Waals surface area contributed by atoms with E-state index < -0.39 is 0 Å². The number of halogens is 1. The lowest BCUT2D eigenvalue weighted by Crippen LogP contribution is -2.34. The summed E-state index contributed by atoms with van der Waals surface area (Å²) in [7, 11) is 0. The molecule has 1 fully saturated rings. The van der Waals surface area contributed by atoms with Gasteiger partial charge in [-0.05, 0) is 43.5 Å². The molecule has 0 radical (unpaired) electrons. The quantitative estimate of drug-likeness (QED) is 0.745. The van der Waals surface area contributed by atoms with Gasteiger partial charge in [-0.2, -0.15) is 5.26 Å². The Balaban J connectivity index is 2.28. The minimum Gasteiger partial charge on any atom is -0.323 e. The van der Waals surface area contributed by atoms with Crippen molar-refractivity contribution in [1.82, 2.24) is 4.90 Å². The molecule has 0 aliphatic carbocycles. The van der Waals surface area contributed by atoms with Gasteiger partial charge in [-0.1, -0.05) is 0 Å². The predicted octanol–water partition coefficient (Wildman–Crippen LogP) is 2.26. The van der Waals surface area contributed by atoms with E-state index in [2.05, 4.69) is 6.07 Å². The van der Waals surface area contributed by atoms with Gasteiger partial charge in [0.25, 0.3) is 5.91 Å². The molecule has 2 rings (SSSR count). The summed E-state index contributed by atoms with van der Waals surface area (Å²) in [6.07, 6.45) is 1.58. The summed E-state index contributed by atoms with van der Waals surface area (Å²) >= 11 is 0. The summed E-state index contributed by atoms with van der Waals surface area (Å²) in [6.45, 7) is 2.31. The first-order chi connectivity index (χ1) is 8.13. The first-order valence-corrected chi connectivity index (χ1v) is 5.60. The lowest BCUT2D eigenvalue weighted by molar-refractivity contribution is 0.0764. The normalized spacial score (nSPS) is 19.1. The van der Waals surface area contributed by atoms with E-state index >= 15 is 0 Å². The molecule has 1 atom stereocenters. The lowest BCUT2D eigenvalue weighted by Gasteiger charge is -2.20. The van der Waals surface area contributed by atoms with E-state index in [1.165, 1.54) is 18.2 Å². The van der Waals surface area contributed by atoms with Crippen LogP contribution >= 0.6 is 0 Å². The first-order valence-electron chi connectivity index (χ1n) is 5.60. The third-order valence-electron chi connectivity index (χ3n) is 3.08. The van der Waals surface area contributed by atoms with Crippen LogP contribution < -0.4 is 0 Å². The summed E-state index contributed by atoms with van der Waals surface area (Å²) < 4.78 is 13.0. The molecule has 1 saturated heterocycles. The summed E-state index contributed by atoms with van der Waals surface area (Å²) in [6, 6.07) is 5.89. The second-order valence-electron chi connectivity index (χ2n) is 4.24. The molecule has 1 amide bonds. The van der Waals surface area contributed by atoms with Gasteiger partial charge in [-0.25, -0.2) is 4.39 Å². The van der Waals surface area contributed by atoms with Gasteiger partial charge >= 0.3 is 0 Å². The topological polar surface area (TPSA) is 44.1 Å². The molecule has 1 aliphatic rings. The van der Waals surface area contributed by atoms with E-state index in [1.54, 1.807) is 11.8 Å². The number of hydrogen-bond donors (Lipinski definition) is 0. The van der Waals surface area contributed by atoms with Crippen LogP contribution in [0, 0.1) is 24.1 Å². The zero-order valence-electron chi connectivity index (χ0n) is 9.61. The van der Waals surface area contributed by atoms with E-state index in [-0.39, 0.29) is 17.8 Å². The van der Waals surface area contributed by atoms with E-state index in [9.17, 15) is 9.18 Å². The van der Waals surface area contributed by atoms with Gasteiger partial charge in [0, 0.05) is 12.1 Å². The van der Waals surface area contributed by atoms with Gasteiger partial charge < -0.3 is 4.90 Å². The Morgan fingerprint density at radius 2 is 2.35 bits per heavy atom. The molecule has 0 N–H and O–H groups in total. The number of aryl methyl sites for hydroxylation is 1. The van der Waals surface area contributed by atoms with Crippen molar-refractivity contribution in [3.63, 3.8) is 0 Å². The van der Waals surface area contributed by atoms with E-state index in [4.69, 9.17) is 5.26 Å². The Hall–Kier alpha value is -1.89. The van der Waals surface area contributed by atoms with Crippen LogP contribution in [0.25, 0.3) is 0 Å². The van der Waals surface area contributed by atoms with Crippen LogP contribution in [0.4, 0.5) is 4.39 Å². The highest BCUT2D eigenvalue weighted by molar-refractivity contribution is 5.96. The summed E-state index contributed by atoms with van der Waals surface area (Å²) in [5.41, 5.74) is 1.09. The van der Waals surface area contributed by atoms with Crippen molar-refractivity contribution in [2.24, 2.45) is 0 Å². The van der Waals surface area contributed by atoms with Crippen LogP contribution in [0.5, 0.6) is 0 Å². The van der Waals surface area contributed by atoms with Crippen LogP contribution in [0.15, 0.2) is 18.2 Å². The fraction of sp³-hybridized carbons (Fsp3) is 0.385. The van der Waals surface area contributed by atoms with Gasteiger partial charge in [0.2, 0.25) is 0 Å². The van der Waals surface area contributed by atoms with Crippen molar-refractivity contribution in [3.8, 4) is 6.07 Å². The van der Waals surface area contributed by atoms with Gasteiger partial charge in [0.05, 0.1) is 6.07 Å². The van der Waals surface area contributed by atoms with E-state index in [0.29, 0.717) is 17.7 Å². The molecule has 0 spiro atoms. The van der Waals surface area contributed by atoms with Crippen LogP contribution in [0.1, 0.15) is 28.8 Å².